The molecule has 1 aromatic carbocycles. The molecule has 1 fully saturated rings. The van der Waals surface area contributed by atoms with Crippen molar-refractivity contribution in [2.45, 2.75) is 39.2 Å². The van der Waals surface area contributed by atoms with Crippen LogP contribution in [0.4, 0.5) is 0 Å². The predicted molar refractivity (Wildman–Crippen MR) is 96.2 cm³/mol. The smallest absolute Gasteiger partial charge is 0.323 e. The Balaban J connectivity index is 2.01. The van der Waals surface area contributed by atoms with E-state index in [0.717, 1.165) is 12.2 Å². The lowest BCUT2D eigenvalue weighted by Crippen LogP contribution is -2.43. The molecule has 0 bridgehead atoms. The maximum absolute atomic E-state index is 12.7. The van der Waals surface area contributed by atoms with Gasteiger partial charge in [-0.2, -0.15) is 0 Å². The van der Waals surface area contributed by atoms with Gasteiger partial charge in [0, 0.05) is 31.6 Å². The first-order chi connectivity index (χ1) is 12.4. The zero-order valence-electron chi connectivity index (χ0n) is 15.3. The lowest BCUT2D eigenvalue weighted by Gasteiger charge is -2.28. The van der Waals surface area contributed by atoms with Crippen molar-refractivity contribution in [2.75, 3.05) is 26.2 Å². The lowest BCUT2D eigenvalue weighted by molar-refractivity contribution is -0.145. The van der Waals surface area contributed by atoms with Crippen LogP contribution >= 0.6 is 0 Å². The molecule has 7 heteroatoms. The molecule has 0 spiro atoms. The summed E-state index contributed by atoms with van der Waals surface area (Å²) >= 11 is 0. The van der Waals surface area contributed by atoms with Gasteiger partial charge in [-0.15, -0.1) is 0 Å². The molecule has 1 saturated heterocycles. The monoisotopic (exact) mass is 362 g/mol. The number of carbonyl (C=O) groups excluding carboxylic acids is 2. The van der Waals surface area contributed by atoms with E-state index in [2.05, 4.69) is 0 Å². The Hall–Kier alpha value is -2.57. The molecule has 0 radical (unpaired) electrons. The summed E-state index contributed by atoms with van der Waals surface area (Å²) in [5.74, 6) is -0.595. The topological polar surface area (TPSA) is 87.2 Å². The second-order valence-corrected chi connectivity index (χ2v) is 6.37. The zero-order chi connectivity index (χ0) is 19.1. The highest BCUT2D eigenvalue weighted by Gasteiger charge is 2.27. The van der Waals surface area contributed by atoms with Gasteiger partial charge >= 0.3 is 5.97 Å². The minimum Gasteiger partial charge on any atom is -0.494 e. The van der Waals surface area contributed by atoms with Crippen LogP contribution < -0.4 is 4.74 Å². The summed E-state index contributed by atoms with van der Waals surface area (Å²) in [6.45, 7) is 4.66. The van der Waals surface area contributed by atoms with Gasteiger partial charge in [0.2, 0.25) is 5.91 Å². The minimum absolute atomic E-state index is 0.0543. The van der Waals surface area contributed by atoms with E-state index in [1.807, 2.05) is 6.92 Å². The number of hydrogen-bond acceptors (Lipinski definition) is 4. The number of carboxylic acids is 1. The third-order valence-electron chi connectivity index (χ3n) is 4.55. The maximum atomic E-state index is 12.7. The van der Waals surface area contributed by atoms with Crippen molar-refractivity contribution < 1.29 is 24.2 Å². The number of nitrogens with zero attached hydrogens (tertiary/aromatic N) is 2. The Morgan fingerprint density at radius 3 is 2.46 bits per heavy atom. The molecule has 0 aromatic heterocycles. The van der Waals surface area contributed by atoms with E-state index in [1.165, 1.54) is 11.8 Å². The van der Waals surface area contributed by atoms with E-state index >= 15 is 0 Å². The Morgan fingerprint density at radius 2 is 1.88 bits per heavy atom. The fraction of sp³-hybridized carbons (Fsp3) is 0.526. The van der Waals surface area contributed by atoms with Crippen molar-refractivity contribution >= 4 is 17.8 Å². The molecular weight excluding hydrogens is 336 g/mol. The van der Waals surface area contributed by atoms with Gasteiger partial charge in [-0.1, -0.05) is 0 Å². The average Bonchev–Trinajstić information content (AvgIpc) is 2.85. The zero-order valence-corrected chi connectivity index (χ0v) is 15.3. The maximum Gasteiger partial charge on any atom is 0.323 e. The summed E-state index contributed by atoms with van der Waals surface area (Å²) in [4.78, 5) is 38.7. The van der Waals surface area contributed by atoms with Gasteiger partial charge in [-0.25, -0.2) is 0 Å². The van der Waals surface area contributed by atoms with E-state index in [1.54, 1.807) is 29.2 Å². The molecule has 1 N–H and O–H groups in total. The summed E-state index contributed by atoms with van der Waals surface area (Å²) < 4.78 is 5.39. The van der Waals surface area contributed by atoms with Gasteiger partial charge in [0.05, 0.1) is 6.61 Å². The predicted octanol–water partition coefficient (Wildman–Crippen LogP) is 2.01. The van der Waals surface area contributed by atoms with Crippen LogP contribution in [0.2, 0.25) is 0 Å². The van der Waals surface area contributed by atoms with Gasteiger partial charge < -0.3 is 19.6 Å². The molecule has 26 heavy (non-hydrogen) atoms. The summed E-state index contributed by atoms with van der Waals surface area (Å²) in [5, 5.41) is 9.01. The molecule has 1 atom stereocenters. The van der Waals surface area contributed by atoms with Crippen LogP contribution in [0.15, 0.2) is 24.3 Å². The molecule has 2 rings (SSSR count). The van der Waals surface area contributed by atoms with Crippen molar-refractivity contribution in [1.82, 2.24) is 9.80 Å². The molecule has 1 aliphatic rings. The number of carboxylic acid groups (broad SMARTS) is 1. The van der Waals surface area contributed by atoms with Crippen LogP contribution in [-0.2, 0) is 9.59 Å². The number of benzene rings is 1. The van der Waals surface area contributed by atoms with Crippen molar-refractivity contribution in [3.8, 4) is 5.75 Å². The number of likely N-dealkylation sites (tertiary alicyclic amines) is 1. The second-order valence-electron chi connectivity index (χ2n) is 6.37. The molecule has 1 aromatic rings. The van der Waals surface area contributed by atoms with Crippen LogP contribution in [0.3, 0.4) is 0 Å². The van der Waals surface area contributed by atoms with Gasteiger partial charge in [0.1, 0.15) is 12.3 Å². The Kier molecular flexibility index (Phi) is 7.00. The number of aliphatic carboxylic acids is 1. The van der Waals surface area contributed by atoms with E-state index in [-0.39, 0.29) is 24.4 Å². The van der Waals surface area contributed by atoms with Crippen LogP contribution in [-0.4, -0.2) is 65.0 Å². The standard InChI is InChI=1S/C19H26N2O5/c1-3-26-17-8-6-15(7-9-17)19(25)20-11-4-5-16(10-12-20)21(14(2)22)13-18(23)24/h6-9,16H,3-5,10-13H2,1-2H3,(H,23,24). The quantitative estimate of drug-likeness (QED) is 0.836. The molecule has 0 saturated carbocycles. The SMILES string of the molecule is CCOc1ccc(C(=O)N2CCCC(N(CC(=O)O)C(C)=O)CC2)cc1. The van der Waals surface area contributed by atoms with E-state index in [0.29, 0.717) is 38.1 Å². The van der Waals surface area contributed by atoms with Crippen LogP contribution in [0.25, 0.3) is 0 Å². The van der Waals surface area contributed by atoms with E-state index in [9.17, 15) is 14.4 Å². The molecule has 7 nitrogen and oxygen atoms in total. The average molecular weight is 362 g/mol. The largest absolute Gasteiger partial charge is 0.494 e. The highest BCUT2D eigenvalue weighted by atomic mass is 16.5. The van der Waals surface area contributed by atoms with Crippen molar-refractivity contribution in [3.05, 3.63) is 29.8 Å². The van der Waals surface area contributed by atoms with Gasteiger partial charge in [-0.3, -0.25) is 14.4 Å². The summed E-state index contributed by atoms with van der Waals surface area (Å²) in [7, 11) is 0. The molecule has 1 unspecified atom stereocenters. The number of hydrogen-bond donors (Lipinski definition) is 1. The normalized spacial score (nSPS) is 17.3. The molecule has 2 amide bonds. The molecule has 142 valence electrons. The highest BCUT2D eigenvalue weighted by molar-refractivity contribution is 5.94. The third-order valence-corrected chi connectivity index (χ3v) is 4.55. The van der Waals surface area contributed by atoms with Gasteiger partial charge in [-0.05, 0) is 50.5 Å². The summed E-state index contributed by atoms with van der Waals surface area (Å²) in [5.41, 5.74) is 0.598. The Labute approximate surface area is 153 Å². The highest BCUT2D eigenvalue weighted by Crippen LogP contribution is 2.20. The molecular formula is C19H26N2O5. The first kappa shape index (κ1) is 19.8. The second kappa shape index (κ2) is 9.22. The molecule has 1 heterocycles. The first-order valence-electron chi connectivity index (χ1n) is 8.93. The molecule has 1 aliphatic heterocycles. The Bertz CT molecular complexity index is 644. The number of rotatable bonds is 6. The summed E-state index contributed by atoms with van der Waals surface area (Å²) in [6.07, 6.45) is 2.01. The van der Waals surface area contributed by atoms with Crippen LogP contribution in [0.5, 0.6) is 5.75 Å². The molecule has 0 aliphatic carbocycles. The lowest BCUT2D eigenvalue weighted by atomic mass is 10.1. The van der Waals surface area contributed by atoms with E-state index < -0.39 is 5.97 Å². The van der Waals surface area contributed by atoms with Crippen LogP contribution in [0, 0.1) is 0 Å². The van der Waals surface area contributed by atoms with Crippen molar-refractivity contribution in [2.24, 2.45) is 0 Å². The minimum atomic E-state index is -1.02. The Morgan fingerprint density at radius 1 is 1.19 bits per heavy atom. The van der Waals surface area contributed by atoms with Crippen LogP contribution in [0.1, 0.15) is 43.5 Å². The van der Waals surface area contributed by atoms with Crippen molar-refractivity contribution in [3.63, 3.8) is 0 Å². The van der Waals surface area contributed by atoms with Crippen molar-refractivity contribution in [1.29, 1.82) is 0 Å². The van der Waals surface area contributed by atoms with E-state index in [4.69, 9.17) is 9.84 Å². The number of carbonyl (C=O) groups is 3. The fourth-order valence-corrected chi connectivity index (χ4v) is 3.28. The fourth-order valence-electron chi connectivity index (χ4n) is 3.28. The first-order valence-corrected chi connectivity index (χ1v) is 8.93. The number of ether oxygens (including phenoxy) is 1. The van der Waals surface area contributed by atoms with Gasteiger partial charge in [0.15, 0.2) is 0 Å². The third kappa shape index (κ3) is 5.21. The number of amides is 2. The van der Waals surface area contributed by atoms with Gasteiger partial charge in [0.25, 0.3) is 5.91 Å². The summed E-state index contributed by atoms with van der Waals surface area (Å²) in [6, 6.07) is 6.91.